The van der Waals surface area contributed by atoms with Crippen LogP contribution in [0.5, 0.6) is 0 Å². The van der Waals surface area contributed by atoms with Gasteiger partial charge in [0.15, 0.2) is 0 Å². The molecule has 0 aromatic carbocycles. The van der Waals surface area contributed by atoms with Crippen LogP contribution < -0.4 is 5.32 Å². The molecule has 0 saturated heterocycles. The molecule has 0 fully saturated rings. The predicted octanol–water partition coefficient (Wildman–Crippen LogP) is 3.77. The van der Waals surface area contributed by atoms with Gasteiger partial charge >= 0.3 is 0 Å². The Balaban J connectivity index is 3.94. The third-order valence-electron chi connectivity index (χ3n) is 3.48. The summed E-state index contributed by atoms with van der Waals surface area (Å²) in [5.74, 6) is 1.63. The van der Waals surface area contributed by atoms with Crippen LogP contribution in [0.3, 0.4) is 0 Å². The zero-order chi connectivity index (χ0) is 14.0. The topological polar surface area (TPSA) is 15.3 Å². The lowest BCUT2D eigenvalue weighted by atomic mass is 10.1. The first-order valence-electron chi connectivity index (χ1n) is 7.91. The summed E-state index contributed by atoms with van der Waals surface area (Å²) in [6.07, 6.45) is 3.92. The molecule has 18 heavy (non-hydrogen) atoms. The van der Waals surface area contributed by atoms with Crippen molar-refractivity contribution in [3.05, 3.63) is 0 Å². The third kappa shape index (κ3) is 11.0. The third-order valence-corrected chi connectivity index (χ3v) is 3.48. The van der Waals surface area contributed by atoms with Crippen molar-refractivity contribution in [1.82, 2.24) is 10.2 Å². The van der Waals surface area contributed by atoms with E-state index in [1.54, 1.807) is 0 Å². The molecule has 0 radical (unpaired) electrons. The average Bonchev–Trinajstić information content (AvgIpc) is 2.27. The van der Waals surface area contributed by atoms with Crippen LogP contribution in [0.1, 0.15) is 60.8 Å². The van der Waals surface area contributed by atoms with Gasteiger partial charge < -0.3 is 10.2 Å². The monoisotopic (exact) mass is 256 g/mol. The van der Waals surface area contributed by atoms with Crippen LogP contribution in [0.15, 0.2) is 0 Å². The molecule has 0 rings (SSSR count). The zero-order valence-corrected chi connectivity index (χ0v) is 13.6. The average molecular weight is 256 g/mol. The Morgan fingerprint density at radius 2 is 1.22 bits per heavy atom. The van der Waals surface area contributed by atoms with E-state index < -0.39 is 0 Å². The quantitative estimate of drug-likeness (QED) is 0.605. The highest BCUT2D eigenvalue weighted by Gasteiger charge is 2.09. The van der Waals surface area contributed by atoms with E-state index in [9.17, 15) is 0 Å². The summed E-state index contributed by atoms with van der Waals surface area (Å²) in [6.45, 7) is 18.6. The minimum Gasteiger partial charge on any atom is -0.314 e. The van der Waals surface area contributed by atoms with Gasteiger partial charge in [-0.1, -0.05) is 34.6 Å². The summed E-state index contributed by atoms with van der Waals surface area (Å²) in [5, 5.41) is 3.50. The van der Waals surface area contributed by atoms with E-state index in [0.717, 1.165) is 18.4 Å². The van der Waals surface area contributed by atoms with Gasteiger partial charge in [-0.3, -0.25) is 0 Å². The molecule has 110 valence electrons. The highest BCUT2D eigenvalue weighted by molar-refractivity contribution is 4.66. The highest BCUT2D eigenvalue weighted by atomic mass is 15.1. The van der Waals surface area contributed by atoms with E-state index in [1.807, 2.05) is 0 Å². The van der Waals surface area contributed by atoms with Gasteiger partial charge in [0.25, 0.3) is 0 Å². The summed E-state index contributed by atoms with van der Waals surface area (Å²) in [7, 11) is 0. The number of rotatable bonds is 11. The van der Waals surface area contributed by atoms with Crippen molar-refractivity contribution >= 4 is 0 Å². The standard InChI is InChI=1S/C16H36N2/c1-7-17-16(6)10-13-18(11-8-14(2)3)12-9-15(4)5/h14-17H,7-13H2,1-6H3. The summed E-state index contributed by atoms with van der Waals surface area (Å²) in [5.41, 5.74) is 0. The summed E-state index contributed by atoms with van der Waals surface area (Å²) < 4.78 is 0. The summed E-state index contributed by atoms with van der Waals surface area (Å²) >= 11 is 0. The van der Waals surface area contributed by atoms with Crippen LogP contribution in [-0.2, 0) is 0 Å². The molecule has 0 heterocycles. The van der Waals surface area contributed by atoms with E-state index in [0.29, 0.717) is 6.04 Å². The van der Waals surface area contributed by atoms with Crippen molar-refractivity contribution in [3.63, 3.8) is 0 Å². The fourth-order valence-corrected chi connectivity index (χ4v) is 2.04. The Kier molecular flexibility index (Phi) is 10.8. The van der Waals surface area contributed by atoms with Crippen molar-refractivity contribution in [2.45, 2.75) is 66.8 Å². The van der Waals surface area contributed by atoms with Crippen molar-refractivity contribution in [2.24, 2.45) is 11.8 Å². The maximum Gasteiger partial charge on any atom is 0.00507 e. The molecule has 0 aliphatic heterocycles. The molecular weight excluding hydrogens is 220 g/mol. The van der Waals surface area contributed by atoms with E-state index in [2.05, 4.69) is 51.8 Å². The molecule has 2 heteroatoms. The first-order chi connectivity index (χ1) is 8.45. The van der Waals surface area contributed by atoms with E-state index in [-0.39, 0.29) is 0 Å². The van der Waals surface area contributed by atoms with Crippen molar-refractivity contribution in [1.29, 1.82) is 0 Å². The van der Waals surface area contributed by atoms with Gasteiger partial charge in [-0.15, -0.1) is 0 Å². The van der Waals surface area contributed by atoms with Gasteiger partial charge in [0.05, 0.1) is 0 Å². The lowest BCUT2D eigenvalue weighted by Crippen LogP contribution is -2.34. The van der Waals surface area contributed by atoms with Gasteiger partial charge in [-0.2, -0.15) is 0 Å². The van der Waals surface area contributed by atoms with Crippen LogP contribution in [-0.4, -0.2) is 37.1 Å². The van der Waals surface area contributed by atoms with Gasteiger partial charge in [0.1, 0.15) is 0 Å². The second kappa shape index (κ2) is 10.8. The van der Waals surface area contributed by atoms with Crippen molar-refractivity contribution in [3.8, 4) is 0 Å². The molecule has 1 unspecified atom stereocenters. The van der Waals surface area contributed by atoms with Gasteiger partial charge in [0.2, 0.25) is 0 Å². The highest BCUT2D eigenvalue weighted by Crippen LogP contribution is 2.07. The zero-order valence-electron chi connectivity index (χ0n) is 13.6. The Hall–Kier alpha value is -0.0800. The van der Waals surface area contributed by atoms with Gasteiger partial charge in [0, 0.05) is 6.04 Å². The number of hydrogen-bond acceptors (Lipinski definition) is 2. The smallest absolute Gasteiger partial charge is 0.00507 e. The Labute approximate surface area is 116 Å². The maximum absolute atomic E-state index is 3.50. The molecular formula is C16H36N2. The van der Waals surface area contributed by atoms with Crippen molar-refractivity contribution < 1.29 is 0 Å². The second-order valence-electron chi connectivity index (χ2n) is 6.45. The molecule has 0 spiro atoms. The fraction of sp³-hybridized carbons (Fsp3) is 1.00. The molecule has 2 nitrogen and oxygen atoms in total. The van der Waals surface area contributed by atoms with Crippen LogP contribution in [0.4, 0.5) is 0 Å². The maximum atomic E-state index is 3.50. The molecule has 0 aliphatic carbocycles. The Morgan fingerprint density at radius 3 is 1.61 bits per heavy atom. The van der Waals surface area contributed by atoms with Gasteiger partial charge in [-0.05, 0) is 64.2 Å². The second-order valence-corrected chi connectivity index (χ2v) is 6.45. The predicted molar refractivity (Wildman–Crippen MR) is 83.1 cm³/mol. The van der Waals surface area contributed by atoms with E-state index in [4.69, 9.17) is 0 Å². The number of nitrogens with zero attached hydrogens (tertiary/aromatic N) is 1. The molecule has 0 amide bonds. The summed E-state index contributed by atoms with van der Waals surface area (Å²) in [6, 6.07) is 0.649. The van der Waals surface area contributed by atoms with E-state index >= 15 is 0 Å². The normalized spacial score (nSPS) is 13.8. The SMILES string of the molecule is CCNC(C)CCN(CCC(C)C)CCC(C)C. The van der Waals surface area contributed by atoms with Crippen LogP contribution >= 0.6 is 0 Å². The lowest BCUT2D eigenvalue weighted by molar-refractivity contribution is 0.232. The molecule has 0 saturated carbocycles. The van der Waals surface area contributed by atoms with Crippen molar-refractivity contribution in [2.75, 3.05) is 26.2 Å². The van der Waals surface area contributed by atoms with E-state index in [1.165, 1.54) is 38.9 Å². The van der Waals surface area contributed by atoms with Crippen LogP contribution in [0.2, 0.25) is 0 Å². The number of hydrogen-bond donors (Lipinski definition) is 1. The molecule has 0 aromatic rings. The largest absolute Gasteiger partial charge is 0.314 e. The lowest BCUT2D eigenvalue weighted by Gasteiger charge is -2.25. The Morgan fingerprint density at radius 1 is 0.778 bits per heavy atom. The minimum absolute atomic E-state index is 0.649. The molecule has 0 aromatic heterocycles. The number of nitrogens with one attached hydrogen (secondary N) is 1. The van der Waals surface area contributed by atoms with Crippen LogP contribution in [0.25, 0.3) is 0 Å². The first kappa shape index (κ1) is 17.9. The molecule has 1 N–H and O–H groups in total. The van der Waals surface area contributed by atoms with Crippen LogP contribution in [0, 0.1) is 11.8 Å². The molecule has 1 atom stereocenters. The molecule has 0 aliphatic rings. The Bertz CT molecular complexity index is 166. The fourth-order valence-electron chi connectivity index (χ4n) is 2.04. The molecule has 0 bridgehead atoms. The minimum atomic E-state index is 0.649. The van der Waals surface area contributed by atoms with Gasteiger partial charge in [-0.25, -0.2) is 0 Å². The first-order valence-corrected chi connectivity index (χ1v) is 7.91. The summed E-state index contributed by atoms with van der Waals surface area (Å²) in [4.78, 5) is 2.66.